The van der Waals surface area contributed by atoms with Gasteiger partial charge in [-0.05, 0) is 62.1 Å². The highest BCUT2D eigenvalue weighted by atomic mass is 16.1. The Labute approximate surface area is 207 Å². The Hall–Kier alpha value is -2.21. The number of rotatable bonds is 12. The summed E-state index contributed by atoms with van der Waals surface area (Å²) in [6.07, 6.45) is 7.06. The number of carbonyl (C=O) groups excluding carboxylic acids is 1. The standard InChI is InChI=1S/C15H25N3.C14H21NO/c16-10-8-15(18-11-9-14(17)12-18)7-6-13-4-2-1-3-5-13;1-12(2)8-9-14(16)15-11-10-13-6-4-3-5-7-13/h1-5,14-15H,6-12,16-17H2;3-7,12H,8-11H2,1-2H3,(H,15,16). The zero-order valence-electron chi connectivity index (χ0n) is 21.3. The van der Waals surface area contributed by atoms with Gasteiger partial charge >= 0.3 is 0 Å². The molecule has 5 heteroatoms. The summed E-state index contributed by atoms with van der Waals surface area (Å²) in [6, 6.07) is 21.9. The summed E-state index contributed by atoms with van der Waals surface area (Å²) in [6.45, 7) is 7.96. The molecule has 188 valence electrons. The molecular weight excluding hydrogens is 420 g/mol. The fourth-order valence-corrected chi connectivity index (χ4v) is 4.33. The Kier molecular flexibility index (Phi) is 13.5. The third kappa shape index (κ3) is 11.8. The maximum Gasteiger partial charge on any atom is 0.220 e. The molecule has 5 nitrogen and oxygen atoms in total. The lowest BCUT2D eigenvalue weighted by molar-refractivity contribution is -0.121. The molecule has 1 aliphatic rings. The molecule has 2 aromatic rings. The minimum atomic E-state index is 0.171. The molecular formula is C29H46N4O. The number of nitrogens with one attached hydrogen (secondary N) is 1. The van der Waals surface area contributed by atoms with E-state index >= 15 is 0 Å². The molecule has 5 N–H and O–H groups in total. The summed E-state index contributed by atoms with van der Waals surface area (Å²) in [5, 5.41) is 2.95. The number of carbonyl (C=O) groups is 1. The molecule has 3 rings (SSSR count). The van der Waals surface area contributed by atoms with E-state index in [1.54, 1.807) is 0 Å². The van der Waals surface area contributed by atoms with Crippen molar-refractivity contribution in [2.75, 3.05) is 26.2 Å². The van der Waals surface area contributed by atoms with Gasteiger partial charge in [0.25, 0.3) is 0 Å². The molecule has 0 aromatic heterocycles. The zero-order chi connectivity index (χ0) is 24.6. The molecule has 1 amide bonds. The second-order valence-electron chi connectivity index (χ2n) is 9.82. The Morgan fingerprint density at radius 3 is 2.12 bits per heavy atom. The molecule has 0 aliphatic carbocycles. The van der Waals surface area contributed by atoms with Crippen molar-refractivity contribution in [2.45, 2.75) is 70.9 Å². The van der Waals surface area contributed by atoms with E-state index in [9.17, 15) is 4.79 Å². The van der Waals surface area contributed by atoms with Crippen LogP contribution in [0.5, 0.6) is 0 Å². The maximum atomic E-state index is 11.4. The smallest absolute Gasteiger partial charge is 0.220 e. The van der Waals surface area contributed by atoms with Crippen molar-refractivity contribution < 1.29 is 4.79 Å². The predicted molar refractivity (Wildman–Crippen MR) is 144 cm³/mol. The minimum absolute atomic E-state index is 0.171. The van der Waals surface area contributed by atoms with Crippen LogP contribution < -0.4 is 16.8 Å². The monoisotopic (exact) mass is 466 g/mol. The summed E-state index contributed by atoms with van der Waals surface area (Å²) in [5.74, 6) is 0.768. The summed E-state index contributed by atoms with van der Waals surface area (Å²) in [5.41, 5.74) is 14.4. The van der Waals surface area contributed by atoms with Crippen LogP contribution in [0.4, 0.5) is 0 Å². The van der Waals surface area contributed by atoms with Crippen LogP contribution in [0, 0.1) is 5.92 Å². The first-order valence-corrected chi connectivity index (χ1v) is 13.0. The molecule has 0 spiro atoms. The molecule has 1 fully saturated rings. The van der Waals surface area contributed by atoms with Gasteiger partial charge < -0.3 is 16.8 Å². The van der Waals surface area contributed by atoms with Gasteiger partial charge in [0.2, 0.25) is 5.91 Å². The first-order valence-electron chi connectivity index (χ1n) is 13.0. The average molecular weight is 467 g/mol. The van der Waals surface area contributed by atoms with E-state index in [0.717, 1.165) is 58.3 Å². The van der Waals surface area contributed by atoms with E-state index in [2.05, 4.69) is 66.5 Å². The summed E-state index contributed by atoms with van der Waals surface area (Å²) < 4.78 is 0. The van der Waals surface area contributed by atoms with Crippen LogP contribution in [0.15, 0.2) is 60.7 Å². The van der Waals surface area contributed by atoms with Crippen LogP contribution in [0.1, 0.15) is 57.1 Å². The van der Waals surface area contributed by atoms with Crippen LogP contribution >= 0.6 is 0 Å². The summed E-state index contributed by atoms with van der Waals surface area (Å²) in [4.78, 5) is 14.0. The van der Waals surface area contributed by atoms with Crippen LogP contribution in [-0.2, 0) is 17.6 Å². The van der Waals surface area contributed by atoms with E-state index < -0.39 is 0 Å². The number of nitrogens with zero attached hydrogens (tertiary/aromatic N) is 1. The number of hydrogen-bond donors (Lipinski definition) is 3. The number of nitrogens with two attached hydrogens (primary N) is 2. The van der Waals surface area contributed by atoms with Crippen molar-refractivity contribution in [3.8, 4) is 0 Å². The Morgan fingerprint density at radius 1 is 0.971 bits per heavy atom. The van der Waals surface area contributed by atoms with E-state index in [1.165, 1.54) is 17.5 Å². The molecule has 2 unspecified atom stereocenters. The van der Waals surface area contributed by atoms with E-state index in [0.29, 0.717) is 24.4 Å². The second kappa shape index (κ2) is 16.4. The molecule has 1 aliphatic heterocycles. The highest BCUT2D eigenvalue weighted by molar-refractivity contribution is 5.75. The predicted octanol–water partition coefficient (Wildman–Crippen LogP) is 4.15. The molecule has 2 aromatic carbocycles. The van der Waals surface area contributed by atoms with Crippen molar-refractivity contribution in [3.05, 3.63) is 71.8 Å². The normalized spacial score (nSPS) is 16.7. The minimum Gasteiger partial charge on any atom is -0.356 e. The number of benzene rings is 2. The third-order valence-corrected chi connectivity index (χ3v) is 6.41. The van der Waals surface area contributed by atoms with Crippen molar-refractivity contribution in [1.82, 2.24) is 10.2 Å². The maximum absolute atomic E-state index is 11.4. The van der Waals surface area contributed by atoms with E-state index in [1.807, 2.05) is 18.2 Å². The number of aryl methyl sites for hydroxylation is 1. The van der Waals surface area contributed by atoms with Crippen molar-refractivity contribution in [3.63, 3.8) is 0 Å². The van der Waals surface area contributed by atoms with Gasteiger partial charge in [0.15, 0.2) is 0 Å². The summed E-state index contributed by atoms with van der Waals surface area (Å²) in [7, 11) is 0. The van der Waals surface area contributed by atoms with E-state index in [-0.39, 0.29) is 5.91 Å². The molecule has 0 bridgehead atoms. The molecule has 0 saturated carbocycles. The van der Waals surface area contributed by atoms with Crippen LogP contribution in [0.3, 0.4) is 0 Å². The van der Waals surface area contributed by atoms with Crippen LogP contribution in [0.25, 0.3) is 0 Å². The summed E-state index contributed by atoms with van der Waals surface area (Å²) >= 11 is 0. The molecule has 0 radical (unpaired) electrons. The SMILES string of the molecule is CC(C)CCC(=O)NCCc1ccccc1.NCCC(CCc1ccccc1)N1CCC(N)C1. The molecule has 34 heavy (non-hydrogen) atoms. The van der Waals surface area contributed by atoms with Gasteiger partial charge in [-0.2, -0.15) is 0 Å². The van der Waals surface area contributed by atoms with Crippen molar-refractivity contribution in [1.29, 1.82) is 0 Å². The lowest BCUT2D eigenvalue weighted by Crippen LogP contribution is -2.37. The fraction of sp³-hybridized carbons (Fsp3) is 0.552. The molecule has 1 saturated heterocycles. The van der Waals surface area contributed by atoms with E-state index in [4.69, 9.17) is 11.5 Å². The van der Waals surface area contributed by atoms with Gasteiger partial charge in [0.05, 0.1) is 0 Å². The number of likely N-dealkylation sites (tertiary alicyclic amines) is 1. The van der Waals surface area contributed by atoms with Crippen LogP contribution in [-0.4, -0.2) is 49.1 Å². The van der Waals surface area contributed by atoms with Gasteiger partial charge in [-0.3, -0.25) is 9.69 Å². The first-order chi connectivity index (χ1) is 16.5. The van der Waals surface area contributed by atoms with Crippen molar-refractivity contribution >= 4 is 5.91 Å². The lowest BCUT2D eigenvalue weighted by atomic mass is 10.0. The lowest BCUT2D eigenvalue weighted by Gasteiger charge is -2.27. The Bertz CT molecular complexity index is 781. The molecule has 1 heterocycles. The highest BCUT2D eigenvalue weighted by Crippen LogP contribution is 2.18. The van der Waals surface area contributed by atoms with Crippen molar-refractivity contribution in [2.24, 2.45) is 17.4 Å². The first kappa shape index (κ1) is 28.0. The number of amides is 1. The largest absolute Gasteiger partial charge is 0.356 e. The second-order valence-corrected chi connectivity index (χ2v) is 9.82. The zero-order valence-corrected chi connectivity index (χ0v) is 21.3. The van der Waals surface area contributed by atoms with Gasteiger partial charge in [-0.15, -0.1) is 0 Å². The quantitative estimate of drug-likeness (QED) is 0.439. The average Bonchev–Trinajstić information content (AvgIpc) is 3.28. The van der Waals surface area contributed by atoms with Gasteiger partial charge in [0, 0.05) is 38.1 Å². The highest BCUT2D eigenvalue weighted by Gasteiger charge is 2.25. The fourth-order valence-electron chi connectivity index (χ4n) is 4.33. The van der Waals surface area contributed by atoms with Crippen LogP contribution in [0.2, 0.25) is 0 Å². The number of hydrogen-bond acceptors (Lipinski definition) is 4. The van der Waals surface area contributed by atoms with Gasteiger partial charge in [-0.1, -0.05) is 74.5 Å². The molecule has 2 atom stereocenters. The Balaban J connectivity index is 0.000000242. The van der Waals surface area contributed by atoms with Gasteiger partial charge in [-0.25, -0.2) is 0 Å². The Morgan fingerprint density at radius 2 is 1.59 bits per heavy atom. The topological polar surface area (TPSA) is 84.4 Å². The third-order valence-electron chi connectivity index (χ3n) is 6.41. The van der Waals surface area contributed by atoms with Gasteiger partial charge in [0.1, 0.15) is 0 Å².